The van der Waals surface area contributed by atoms with Crippen molar-refractivity contribution in [2.24, 2.45) is 0 Å². The standard InChI is InChI=1S/C42H26O/c1-2-15-31-27(11-1)12-10-21-32(31)28-13-9-14-29(25-28)41-35-17-3-5-19-37(35)42(38-20-6-4-18-36(38)41)30-23-24-34-33-16-7-8-22-39(33)43-40(34)26-30/h1-26H/i1D,2D,3D,4D,5D,6D,7D,8D,9D,10D,11D,12D,13D,14D,15D,16D,21D,22D,23D,24D,25D,26D. The number of hydrogen-bond acceptors (Lipinski definition) is 1. The van der Waals surface area contributed by atoms with E-state index < -0.39 is 166 Å². The van der Waals surface area contributed by atoms with Crippen molar-refractivity contribution in [3.05, 3.63) is 157 Å². The Kier molecular flexibility index (Phi) is 2.39. The van der Waals surface area contributed by atoms with Gasteiger partial charge in [0.05, 0.1) is 30.2 Å². The van der Waals surface area contributed by atoms with Crippen LogP contribution in [0.5, 0.6) is 0 Å². The Morgan fingerprint density at radius 1 is 0.372 bits per heavy atom. The smallest absolute Gasteiger partial charge is 0.136 e. The molecule has 0 N–H and O–H groups in total. The molecule has 0 aliphatic carbocycles. The Morgan fingerprint density at radius 3 is 1.67 bits per heavy atom. The molecule has 0 spiro atoms. The lowest BCUT2D eigenvalue weighted by molar-refractivity contribution is 0.669. The fraction of sp³-hybridized carbons (Fsp3) is 0. The van der Waals surface area contributed by atoms with Gasteiger partial charge in [0.15, 0.2) is 0 Å². The van der Waals surface area contributed by atoms with E-state index in [4.69, 9.17) is 27.7 Å². The van der Waals surface area contributed by atoms with Crippen molar-refractivity contribution in [2.45, 2.75) is 0 Å². The average Bonchev–Trinajstić information content (AvgIpc) is 3.68. The lowest BCUT2D eigenvalue weighted by Crippen LogP contribution is -1.91. The number of benzene rings is 8. The molecule has 1 heteroatoms. The molecule has 0 fully saturated rings. The molecule has 1 nitrogen and oxygen atoms in total. The lowest BCUT2D eigenvalue weighted by atomic mass is 9.85. The Labute approximate surface area is 280 Å². The largest absolute Gasteiger partial charge is 0.456 e. The second kappa shape index (κ2) is 9.44. The zero-order valence-electron chi connectivity index (χ0n) is 43.7. The Morgan fingerprint density at radius 2 is 0.930 bits per heavy atom. The maximum Gasteiger partial charge on any atom is 0.136 e. The van der Waals surface area contributed by atoms with Crippen LogP contribution in [0, 0.1) is 0 Å². The first-order valence-electron chi connectivity index (χ1n) is 24.0. The molecule has 0 atom stereocenters. The van der Waals surface area contributed by atoms with E-state index in [0.29, 0.717) is 0 Å². The van der Waals surface area contributed by atoms with E-state index in [1.54, 1.807) is 0 Å². The summed E-state index contributed by atoms with van der Waals surface area (Å²) in [5.74, 6) is 0. The van der Waals surface area contributed by atoms with Crippen molar-refractivity contribution in [2.75, 3.05) is 0 Å². The first kappa shape index (κ1) is 10.9. The van der Waals surface area contributed by atoms with Crippen LogP contribution in [0.2, 0.25) is 0 Å². The fourth-order valence-corrected chi connectivity index (χ4v) is 5.44. The highest BCUT2D eigenvalue weighted by molar-refractivity contribution is 6.22. The summed E-state index contributed by atoms with van der Waals surface area (Å²) in [5.41, 5.74) is -3.14. The molecular weight excluding hydrogens is 520 g/mol. The molecule has 0 bridgehead atoms. The van der Waals surface area contributed by atoms with Crippen LogP contribution >= 0.6 is 0 Å². The van der Waals surface area contributed by atoms with Crippen LogP contribution in [0.1, 0.15) is 30.2 Å². The monoisotopic (exact) mass is 568 g/mol. The lowest BCUT2D eigenvalue weighted by Gasteiger charge is -2.18. The molecule has 0 aliphatic heterocycles. The Hall–Kier alpha value is -5.66. The van der Waals surface area contributed by atoms with E-state index in [0.717, 1.165) is 12.1 Å². The summed E-state index contributed by atoms with van der Waals surface area (Å²) in [7, 11) is 0. The normalized spacial score (nSPS) is 18.9. The highest BCUT2D eigenvalue weighted by Gasteiger charge is 2.18. The minimum Gasteiger partial charge on any atom is -0.456 e. The highest BCUT2D eigenvalue weighted by Crippen LogP contribution is 2.45. The van der Waals surface area contributed by atoms with E-state index in [1.165, 1.54) is 12.1 Å². The van der Waals surface area contributed by atoms with Crippen LogP contribution in [-0.2, 0) is 0 Å². The summed E-state index contributed by atoms with van der Waals surface area (Å²) in [6.07, 6.45) is 0. The van der Waals surface area contributed by atoms with Gasteiger partial charge in [-0.25, -0.2) is 0 Å². The van der Waals surface area contributed by atoms with E-state index >= 15 is 0 Å². The molecule has 200 valence electrons. The molecule has 0 saturated carbocycles. The number of hydrogen-bond donors (Lipinski definition) is 0. The highest BCUT2D eigenvalue weighted by atomic mass is 16.3. The minimum absolute atomic E-state index is 0.0682. The van der Waals surface area contributed by atoms with Gasteiger partial charge >= 0.3 is 0 Å². The molecule has 8 aromatic carbocycles. The number of fused-ring (bicyclic) bond motifs is 6. The Bertz CT molecular complexity index is 3670. The molecule has 0 aliphatic rings. The van der Waals surface area contributed by atoms with E-state index in [1.807, 2.05) is 0 Å². The third-order valence-corrected chi connectivity index (χ3v) is 7.26. The summed E-state index contributed by atoms with van der Waals surface area (Å²) >= 11 is 0. The zero-order valence-corrected chi connectivity index (χ0v) is 21.7. The first-order valence-corrected chi connectivity index (χ1v) is 13.0. The summed E-state index contributed by atoms with van der Waals surface area (Å²) in [6.45, 7) is 0. The van der Waals surface area contributed by atoms with Gasteiger partial charge in [0.1, 0.15) is 11.2 Å². The van der Waals surface area contributed by atoms with Crippen molar-refractivity contribution in [3.63, 3.8) is 0 Å². The fourth-order valence-electron chi connectivity index (χ4n) is 5.44. The minimum atomic E-state index is -0.858. The van der Waals surface area contributed by atoms with Crippen LogP contribution < -0.4 is 0 Å². The molecule has 9 aromatic rings. The maximum atomic E-state index is 9.75. The molecule has 9 rings (SSSR count). The van der Waals surface area contributed by atoms with Crippen molar-refractivity contribution < 1.29 is 34.6 Å². The van der Waals surface area contributed by atoms with E-state index in [-0.39, 0.29) is 54.6 Å². The van der Waals surface area contributed by atoms with Crippen LogP contribution in [0.15, 0.2) is 162 Å². The SMILES string of the molecule is [2H]c1cc2c(-c3c([2H])c([2H])c([2H])c(-c4c([2H])c([2H])c([2H])c5c([2H])c([2H])c([2H])c([2H])c45)c3[2H])c3cc([2H])c([2H])cc3c(-c3c([2H])c([2H])c4c(oc5c([2H])c([2H])c([2H])c([2H])c54)c3[2H])c2cc1[2H]. The van der Waals surface area contributed by atoms with Gasteiger partial charge in [-0.05, 0) is 89.9 Å². The quantitative estimate of drug-likeness (QED) is 0.193. The third kappa shape index (κ3) is 3.72. The first-order chi connectivity index (χ1) is 30.5. The number of furan rings is 1. The van der Waals surface area contributed by atoms with Gasteiger partial charge in [-0.3, -0.25) is 0 Å². The zero-order chi connectivity index (χ0) is 47.5. The van der Waals surface area contributed by atoms with Crippen molar-refractivity contribution in [1.82, 2.24) is 0 Å². The van der Waals surface area contributed by atoms with Crippen LogP contribution in [0.4, 0.5) is 0 Å². The maximum absolute atomic E-state index is 9.75. The topological polar surface area (TPSA) is 13.1 Å². The summed E-state index contributed by atoms with van der Waals surface area (Å²) in [6, 6.07) is -10.1. The number of para-hydroxylation sites is 1. The van der Waals surface area contributed by atoms with Gasteiger partial charge < -0.3 is 4.42 Å². The second-order valence-electron chi connectivity index (χ2n) is 9.57. The molecule has 0 radical (unpaired) electrons. The molecule has 0 saturated heterocycles. The van der Waals surface area contributed by atoms with E-state index in [9.17, 15) is 6.85 Å². The van der Waals surface area contributed by atoms with Gasteiger partial charge in [-0.2, -0.15) is 0 Å². The van der Waals surface area contributed by atoms with Crippen LogP contribution in [-0.4, -0.2) is 0 Å². The summed E-state index contributed by atoms with van der Waals surface area (Å²) < 4.78 is 200. The molecular formula is C42H26O. The van der Waals surface area contributed by atoms with Gasteiger partial charge in [0, 0.05) is 10.8 Å². The summed E-state index contributed by atoms with van der Waals surface area (Å²) in [5, 5.41) is -1.82. The predicted molar refractivity (Wildman–Crippen MR) is 183 cm³/mol. The molecule has 1 aromatic heterocycles. The second-order valence-corrected chi connectivity index (χ2v) is 9.57. The molecule has 43 heavy (non-hydrogen) atoms. The van der Waals surface area contributed by atoms with Crippen molar-refractivity contribution in [1.29, 1.82) is 0 Å². The van der Waals surface area contributed by atoms with Gasteiger partial charge in [-0.1, -0.05) is 133 Å². The predicted octanol–water partition coefficient (Wildman–Crippen LogP) is 12.0. The van der Waals surface area contributed by atoms with Crippen LogP contribution in [0.3, 0.4) is 0 Å². The van der Waals surface area contributed by atoms with Crippen molar-refractivity contribution in [3.8, 4) is 33.4 Å². The van der Waals surface area contributed by atoms with Gasteiger partial charge in [0.2, 0.25) is 0 Å². The average molecular weight is 569 g/mol. The molecule has 0 amide bonds. The van der Waals surface area contributed by atoms with Crippen molar-refractivity contribution >= 4 is 54.3 Å². The molecule has 1 heterocycles. The van der Waals surface area contributed by atoms with Gasteiger partial charge in [-0.15, -0.1) is 0 Å². The van der Waals surface area contributed by atoms with Gasteiger partial charge in [0.25, 0.3) is 0 Å². The van der Waals surface area contributed by atoms with E-state index in [2.05, 4.69) is 0 Å². The number of rotatable bonds is 3. The summed E-state index contributed by atoms with van der Waals surface area (Å²) in [4.78, 5) is 0. The Balaban J connectivity index is 1.51. The third-order valence-electron chi connectivity index (χ3n) is 7.26. The molecule has 0 unspecified atom stereocenters. The van der Waals surface area contributed by atoms with Crippen LogP contribution in [0.25, 0.3) is 87.6 Å².